The zero-order chi connectivity index (χ0) is 11.7. The fourth-order valence-corrected chi connectivity index (χ4v) is 1.46. The molecule has 1 heterocycles. The highest BCUT2D eigenvalue weighted by Gasteiger charge is 2.14. The molecule has 2 rings (SSSR count). The molecule has 80 valence electrons. The summed E-state index contributed by atoms with van der Waals surface area (Å²) < 4.78 is 14.2. The highest BCUT2D eigenvalue weighted by molar-refractivity contribution is 5.72. The summed E-state index contributed by atoms with van der Waals surface area (Å²) in [5, 5.41) is 13.1. The number of nitrogens with zero attached hydrogens (tertiary/aromatic N) is 3. The van der Waals surface area contributed by atoms with Gasteiger partial charge in [0.1, 0.15) is 29.0 Å². The first-order valence-electron chi connectivity index (χ1n) is 4.62. The van der Waals surface area contributed by atoms with E-state index < -0.39 is 0 Å². The zero-order valence-corrected chi connectivity index (χ0v) is 8.61. The summed E-state index contributed by atoms with van der Waals surface area (Å²) >= 11 is 0. The van der Waals surface area contributed by atoms with Crippen LogP contribution in [-0.4, -0.2) is 9.78 Å². The van der Waals surface area contributed by atoms with Crippen molar-refractivity contribution in [2.24, 2.45) is 7.05 Å². The number of aromatic nitrogens is 2. The second kappa shape index (κ2) is 3.66. The quantitative estimate of drug-likeness (QED) is 0.788. The maximum absolute atomic E-state index is 12.8. The molecule has 0 aliphatic carbocycles. The van der Waals surface area contributed by atoms with Gasteiger partial charge < -0.3 is 5.73 Å². The fourth-order valence-electron chi connectivity index (χ4n) is 1.46. The summed E-state index contributed by atoms with van der Waals surface area (Å²) in [5.41, 5.74) is 7.15. The van der Waals surface area contributed by atoms with Crippen molar-refractivity contribution in [3.8, 4) is 17.3 Å². The van der Waals surface area contributed by atoms with Gasteiger partial charge in [-0.2, -0.15) is 10.4 Å². The van der Waals surface area contributed by atoms with Gasteiger partial charge in [-0.25, -0.2) is 4.39 Å². The minimum atomic E-state index is -0.328. The molecule has 2 aromatic rings. The van der Waals surface area contributed by atoms with Gasteiger partial charge in [0, 0.05) is 12.6 Å². The first-order chi connectivity index (χ1) is 7.63. The SMILES string of the molecule is Cn1nc(-c2ccc(F)cc2)c(C#N)c1N. The minimum Gasteiger partial charge on any atom is -0.383 e. The molecule has 0 bridgehead atoms. The van der Waals surface area contributed by atoms with E-state index >= 15 is 0 Å². The number of benzene rings is 1. The van der Waals surface area contributed by atoms with Crippen molar-refractivity contribution in [2.75, 3.05) is 5.73 Å². The Labute approximate surface area is 91.7 Å². The van der Waals surface area contributed by atoms with Crippen LogP contribution in [0.4, 0.5) is 10.2 Å². The lowest BCUT2D eigenvalue weighted by Gasteiger charge is -1.96. The third kappa shape index (κ3) is 1.50. The Morgan fingerprint density at radius 1 is 1.38 bits per heavy atom. The smallest absolute Gasteiger partial charge is 0.140 e. The Balaban J connectivity index is 2.61. The molecule has 0 saturated heterocycles. The Hall–Kier alpha value is -2.35. The molecule has 1 aromatic carbocycles. The summed E-state index contributed by atoms with van der Waals surface area (Å²) in [7, 11) is 1.66. The van der Waals surface area contributed by atoms with E-state index in [1.807, 2.05) is 6.07 Å². The topological polar surface area (TPSA) is 67.6 Å². The number of hydrogen-bond donors (Lipinski definition) is 1. The lowest BCUT2D eigenvalue weighted by Crippen LogP contribution is -1.97. The van der Waals surface area contributed by atoms with Crippen LogP contribution >= 0.6 is 0 Å². The Bertz CT molecular complexity index is 563. The van der Waals surface area contributed by atoms with Crippen molar-refractivity contribution < 1.29 is 4.39 Å². The first kappa shape index (κ1) is 10.2. The summed E-state index contributed by atoms with van der Waals surface area (Å²) in [6.45, 7) is 0. The van der Waals surface area contributed by atoms with Crippen molar-refractivity contribution in [2.45, 2.75) is 0 Å². The molecule has 0 aliphatic rings. The van der Waals surface area contributed by atoms with Gasteiger partial charge in [-0.05, 0) is 24.3 Å². The van der Waals surface area contributed by atoms with Crippen molar-refractivity contribution in [3.63, 3.8) is 0 Å². The summed E-state index contributed by atoms with van der Waals surface area (Å²) in [6, 6.07) is 7.77. The average molecular weight is 216 g/mol. The Kier molecular flexibility index (Phi) is 2.33. The molecule has 0 aliphatic heterocycles. The van der Waals surface area contributed by atoms with Crippen LogP contribution in [0.2, 0.25) is 0 Å². The predicted molar refractivity (Wildman–Crippen MR) is 57.7 cm³/mol. The summed E-state index contributed by atoms with van der Waals surface area (Å²) in [4.78, 5) is 0. The first-order valence-corrected chi connectivity index (χ1v) is 4.62. The standard InChI is InChI=1S/C11H9FN4/c1-16-11(14)9(6-13)10(15-16)7-2-4-8(12)5-3-7/h2-5H,14H2,1H3. The van der Waals surface area contributed by atoms with E-state index in [1.54, 1.807) is 19.2 Å². The number of nitrogen functional groups attached to an aromatic ring is 1. The van der Waals surface area contributed by atoms with Crippen LogP contribution in [0.25, 0.3) is 11.3 Å². The number of rotatable bonds is 1. The van der Waals surface area contributed by atoms with E-state index in [2.05, 4.69) is 5.10 Å². The number of halogens is 1. The van der Waals surface area contributed by atoms with Crippen LogP contribution in [0.5, 0.6) is 0 Å². The van der Waals surface area contributed by atoms with Crippen LogP contribution in [-0.2, 0) is 7.05 Å². The molecule has 1 aromatic heterocycles. The molecule has 4 nitrogen and oxygen atoms in total. The molecular weight excluding hydrogens is 207 g/mol. The van der Waals surface area contributed by atoms with Crippen LogP contribution in [0.1, 0.15) is 5.56 Å². The zero-order valence-electron chi connectivity index (χ0n) is 8.61. The van der Waals surface area contributed by atoms with Crippen molar-refractivity contribution in [3.05, 3.63) is 35.6 Å². The highest BCUT2D eigenvalue weighted by Crippen LogP contribution is 2.25. The molecule has 0 amide bonds. The van der Waals surface area contributed by atoms with Crippen molar-refractivity contribution in [1.82, 2.24) is 9.78 Å². The number of hydrogen-bond acceptors (Lipinski definition) is 3. The lowest BCUT2D eigenvalue weighted by atomic mass is 10.1. The second-order valence-corrected chi connectivity index (χ2v) is 3.35. The van der Waals surface area contributed by atoms with Gasteiger partial charge in [-0.1, -0.05) is 0 Å². The monoisotopic (exact) mass is 216 g/mol. The van der Waals surface area contributed by atoms with E-state index in [1.165, 1.54) is 16.8 Å². The lowest BCUT2D eigenvalue weighted by molar-refractivity contribution is 0.628. The average Bonchev–Trinajstić information content (AvgIpc) is 2.56. The van der Waals surface area contributed by atoms with E-state index in [0.717, 1.165) is 0 Å². The third-order valence-electron chi connectivity index (χ3n) is 2.32. The summed E-state index contributed by atoms with van der Waals surface area (Å²) in [5.74, 6) is -0.0204. The molecular formula is C11H9FN4. The minimum absolute atomic E-state index is 0.307. The van der Waals surface area contributed by atoms with Crippen LogP contribution < -0.4 is 5.73 Å². The number of anilines is 1. The maximum Gasteiger partial charge on any atom is 0.140 e. The molecule has 2 N–H and O–H groups in total. The Morgan fingerprint density at radius 3 is 2.56 bits per heavy atom. The fraction of sp³-hybridized carbons (Fsp3) is 0.0909. The molecule has 0 radical (unpaired) electrons. The van der Waals surface area contributed by atoms with Gasteiger partial charge >= 0.3 is 0 Å². The molecule has 0 fully saturated rings. The molecule has 5 heteroatoms. The van der Waals surface area contributed by atoms with Crippen molar-refractivity contribution >= 4 is 5.82 Å². The van der Waals surface area contributed by atoms with E-state index in [4.69, 9.17) is 11.0 Å². The molecule has 0 unspecified atom stereocenters. The van der Waals surface area contributed by atoms with E-state index in [9.17, 15) is 4.39 Å². The molecule has 16 heavy (non-hydrogen) atoms. The van der Waals surface area contributed by atoms with Crippen molar-refractivity contribution in [1.29, 1.82) is 5.26 Å². The number of aryl methyl sites for hydroxylation is 1. The van der Waals surface area contributed by atoms with E-state index in [-0.39, 0.29) is 5.82 Å². The largest absolute Gasteiger partial charge is 0.383 e. The molecule has 0 spiro atoms. The van der Waals surface area contributed by atoms with Crippen LogP contribution in [0.15, 0.2) is 24.3 Å². The summed E-state index contributed by atoms with van der Waals surface area (Å²) in [6.07, 6.45) is 0. The maximum atomic E-state index is 12.8. The second-order valence-electron chi connectivity index (χ2n) is 3.35. The van der Waals surface area contributed by atoms with Gasteiger partial charge in [0.2, 0.25) is 0 Å². The highest BCUT2D eigenvalue weighted by atomic mass is 19.1. The van der Waals surface area contributed by atoms with Gasteiger partial charge in [-0.3, -0.25) is 4.68 Å². The normalized spacial score (nSPS) is 10.1. The van der Waals surface area contributed by atoms with Gasteiger partial charge in [0.25, 0.3) is 0 Å². The van der Waals surface area contributed by atoms with Crippen LogP contribution in [0, 0.1) is 17.1 Å². The molecule has 0 atom stereocenters. The number of nitrogens with two attached hydrogens (primary N) is 1. The van der Waals surface area contributed by atoms with Gasteiger partial charge in [0.05, 0.1) is 0 Å². The van der Waals surface area contributed by atoms with Gasteiger partial charge in [-0.15, -0.1) is 0 Å². The Morgan fingerprint density at radius 2 is 2.00 bits per heavy atom. The van der Waals surface area contributed by atoms with Crippen LogP contribution in [0.3, 0.4) is 0 Å². The third-order valence-corrected chi connectivity index (χ3v) is 2.32. The molecule has 0 saturated carbocycles. The van der Waals surface area contributed by atoms with E-state index in [0.29, 0.717) is 22.6 Å². The number of nitriles is 1. The predicted octanol–water partition coefficient (Wildman–Crippen LogP) is 1.68. The van der Waals surface area contributed by atoms with Gasteiger partial charge in [0.15, 0.2) is 0 Å².